The van der Waals surface area contributed by atoms with Crippen molar-refractivity contribution in [3.05, 3.63) is 34.8 Å². The Bertz CT molecular complexity index is 592. The molecule has 6 heteroatoms. The minimum atomic E-state index is -0.940. The quantitative estimate of drug-likeness (QED) is 0.931. The van der Waals surface area contributed by atoms with Crippen molar-refractivity contribution in [2.75, 3.05) is 19.1 Å². The molecule has 2 rings (SSSR count). The van der Waals surface area contributed by atoms with Crippen molar-refractivity contribution in [1.82, 2.24) is 4.98 Å². The van der Waals surface area contributed by atoms with Crippen LogP contribution in [0.15, 0.2) is 24.3 Å². The van der Waals surface area contributed by atoms with Crippen molar-refractivity contribution in [2.45, 2.75) is 6.92 Å². The highest BCUT2D eigenvalue weighted by Gasteiger charge is 2.17. The van der Waals surface area contributed by atoms with Crippen molar-refractivity contribution in [2.24, 2.45) is 0 Å². The van der Waals surface area contributed by atoms with E-state index in [0.29, 0.717) is 10.8 Å². The number of aryl methyl sites for hydroxylation is 1. The fourth-order valence-corrected chi connectivity index (χ4v) is 2.53. The minimum Gasteiger partial charge on any atom is -0.497 e. The van der Waals surface area contributed by atoms with Gasteiger partial charge in [-0.15, -0.1) is 0 Å². The van der Waals surface area contributed by atoms with E-state index in [4.69, 9.17) is 9.84 Å². The second-order valence-electron chi connectivity index (χ2n) is 3.97. The average molecular weight is 278 g/mol. The van der Waals surface area contributed by atoms with Crippen LogP contribution in [0.3, 0.4) is 0 Å². The summed E-state index contributed by atoms with van der Waals surface area (Å²) in [5, 5.41) is 9.69. The molecule has 19 heavy (non-hydrogen) atoms. The summed E-state index contributed by atoms with van der Waals surface area (Å²) >= 11 is 1.16. The third kappa shape index (κ3) is 2.68. The highest BCUT2D eigenvalue weighted by molar-refractivity contribution is 7.17. The lowest BCUT2D eigenvalue weighted by atomic mass is 10.3. The Morgan fingerprint density at radius 2 is 2.00 bits per heavy atom. The molecule has 0 aliphatic carbocycles. The number of nitrogens with zero attached hydrogens (tertiary/aromatic N) is 2. The number of aromatic carboxylic acids is 1. The van der Waals surface area contributed by atoms with E-state index < -0.39 is 5.97 Å². The van der Waals surface area contributed by atoms with Crippen LogP contribution in [0.25, 0.3) is 0 Å². The maximum Gasteiger partial charge on any atom is 0.347 e. The number of carboxylic acids is 1. The fourth-order valence-electron chi connectivity index (χ4n) is 1.64. The summed E-state index contributed by atoms with van der Waals surface area (Å²) in [6.07, 6.45) is 0. The number of anilines is 2. The molecular weight excluding hydrogens is 264 g/mol. The SMILES string of the molecule is COc1ccc(N(C)c2nc(C)c(C(=O)O)s2)cc1. The Morgan fingerprint density at radius 3 is 2.47 bits per heavy atom. The van der Waals surface area contributed by atoms with E-state index in [9.17, 15) is 4.79 Å². The first-order valence-corrected chi connectivity index (χ1v) is 6.43. The number of methoxy groups -OCH3 is 1. The monoisotopic (exact) mass is 278 g/mol. The van der Waals surface area contributed by atoms with E-state index in [1.807, 2.05) is 36.2 Å². The lowest BCUT2D eigenvalue weighted by molar-refractivity contribution is 0.0701. The van der Waals surface area contributed by atoms with Gasteiger partial charge in [-0.1, -0.05) is 11.3 Å². The van der Waals surface area contributed by atoms with Gasteiger partial charge in [0.2, 0.25) is 0 Å². The largest absolute Gasteiger partial charge is 0.497 e. The predicted molar refractivity (Wildman–Crippen MR) is 74.9 cm³/mol. The third-order valence-electron chi connectivity index (χ3n) is 2.73. The van der Waals surface area contributed by atoms with Gasteiger partial charge in [0.05, 0.1) is 12.8 Å². The molecule has 0 fully saturated rings. The van der Waals surface area contributed by atoms with Gasteiger partial charge in [0, 0.05) is 12.7 Å². The number of hydrogen-bond donors (Lipinski definition) is 1. The molecule has 0 saturated carbocycles. The second kappa shape index (κ2) is 5.27. The Kier molecular flexibility index (Phi) is 3.71. The van der Waals surface area contributed by atoms with Crippen LogP contribution in [0.1, 0.15) is 15.4 Å². The van der Waals surface area contributed by atoms with E-state index in [0.717, 1.165) is 22.8 Å². The first kappa shape index (κ1) is 13.4. The van der Waals surface area contributed by atoms with E-state index in [1.165, 1.54) is 0 Å². The number of thiazole rings is 1. The van der Waals surface area contributed by atoms with E-state index in [1.54, 1.807) is 14.0 Å². The number of aromatic nitrogens is 1. The molecule has 0 saturated heterocycles. The van der Waals surface area contributed by atoms with E-state index >= 15 is 0 Å². The molecule has 100 valence electrons. The van der Waals surface area contributed by atoms with Crippen LogP contribution < -0.4 is 9.64 Å². The molecule has 5 nitrogen and oxygen atoms in total. The Morgan fingerprint density at radius 1 is 1.37 bits per heavy atom. The van der Waals surface area contributed by atoms with Gasteiger partial charge in [0.15, 0.2) is 5.13 Å². The lowest BCUT2D eigenvalue weighted by Gasteiger charge is -2.15. The smallest absolute Gasteiger partial charge is 0.347 e. The van der Waals surface area contributed by atoms with Crippen LogP contribution >= 0.6 is 11.3 Å². The molecule has 0 radical (unpaired) electrons. The van der Waals surface area contributed by atoms with Crippen LogP contribution in [0.5, 0.6) is 5.75 Å². The average Bonchev–Trinajstić information content (AvgIpc) is 2.80. The van der Waals surface area contributed by atoms with Gasteiger partial charge < -0.3 is 14.7 Å². The van der Waals surface area contributed by atoms with Gasteiger partial charge in [0.25, 0.3) is 0 Å². The summed E-state index contributed by atoms with van der Waals surface area (Å²) in [7, 11) is 3.47. The maximum atomic E-state index is 11.0. The normalized spacial score (nSPS) is 10.3. The Labute approximate surface area is 115 Å². The molecule has 1 N–H and O–H groups in total. The maximum absolute atomic E-state index is 11.0. The highest BCUT2D eigenvalue weighted by Crippen LogP contribution is 2.31. The molecule has 0 spiro atoms. The summed E-state index contributed by atoms with van der Waals surface area (Å²) in [5.74, 6) is -0.164. The Hall–Kier alpha value is -2.08. The summed E-state index contributed by atoms with van der Waals surface area (Å²) in [6.45, 7) is 1.70. The molecule has 1 heterocycles. The number of ether oxygens (including phenoxy) is 1. The lowest BCUT2D eigenvalue weighted by Crippen LogP contribution is -2.08. The highest BCUT2D eigenvalue weighted by atomic mass is 32.1. The fraction of sp³-hybridized carbons (Fsp3) is 0.231. The molecule has 0 bridgehead atoms. The summed E-state index contributed by atoms with van der Waals surface area (Å²) in [6, 6.07) is 7.50. The van der Waals surface area contributed by atoms with Crippen LogP contribution in [-0.4, -0.2) is 30.2 Å². The van der Waals surface area contributed by atoms with Crippen molar-refractivity contribution in [3.63, 3.8) is 0 Å². The molecule has 0 atom stereocenters. The van der Waals surface area contributed by atoms with Gasteiger partial charge in [-0.2, -0.15) is 0 Å². The summed E-state index contributed by atoms with van der Waals surface area (Å²) < 4.78 is 5.10. The zero-order valence-electron chi connectivity index (χ0n) is 10.9. The van der Waals surface area contributed by atoms with Crippen molar-refractivity contribution in [3.8, 4) is 5.75 Å². The second-order valence-corrected chi connectivity index (χ2v) is 4.95. The molecule has 1 aromatic heterocycles. The van der Waals surface area contributed by atoms with Crippen LogP contribution in [0, 0.1) is 6.92 Å². The Balaban J connectivity index is 2.30. The molecular formula is C13H14N2O3S. The molecule has 0 aliphatic rings. The number of carbonyl (C=O) groups is 1. The van der Waals surface area contributed by atoms with Crippen LogP contribution in [0.2, 0.25) is 0 Å². The predicted octanol–water partition coefficient (Wildman–Crippen LogP) is 2.93. The zero-order valence-corrected chi connectivity index (χ0v) is 11.7. The topological polar surface area (TPSA) is 62.7 Å². The molecule has 2 aromatic rings. The van der Waals surface area contributed by atoms with Crippen molar-refractivity contribution < 1.29 is 14.6 Å². The van der Waals surface area contributed by atoms with E-state index in [2.05, 4.69) is 4.98 Å². The van der Waals surface area contributed by atoms with Gasteiger partial charge in [-0.05, 0) is 31.2 Å². The first-order valence-electron chi connectivity index (χ1n) is 5.61. The van der Waals surface area contributed by atoms with Crippen molar-refractivity contribution in [1.29, 1.82) is 0 Å². The summed E-state index contributed by atoms with van der Waals surface area (Å²) in [5.41, 5.74) is 1.46. The van der Waals surface area contributed by atoms with Crippen molar-refractivity contribution >= 4 is 28.1 Å². The number of carboxylic acid groups (broad SMARTS) is 1. The minimum absolute atomic E-state index is 0.273. The van der Waals surface area contributed by atoms with Gasteiger partial charge >= 0.3 is 5.97 Å². The zero-order chi connectivity index (χ0) is 14.0. The standard InChI is InChI=1S/C13H14N2O3S/c1-8-11(12(16)17)19-13(14-8)15(2)9-4-6-10(18-3)7-5-9/h4-7H,1-3H3,(H,16,17). The number of rotatable bonds is 4. The first-order chi connectivity index (χ1) is 9.02. The molecule has 0 aliphatic heterocycles. The third-order valence-corrected chi connectivity index (χ3v) is 3.95. The number of hydrogen-bond acceptors (Lipinski definition) is 5. The molecule has 0 amide bonds. The van der Waals surface area contributed by atoms with E-state index in [-0.39, 0.29) is 4.88 Å². The van der Waals surface area contributed by atoms with Crippen LogP contribution in [0.4, 0.5) is 10.8 Å². The molecule has 0 unspecified atom stereocenters. The van der Waals surface area contributed by atoms with Gasteiger partial charge in [-0.25, -0.2) is 9.78 Å². The van der Waals surface area contributed by atoms with Gasteiger partial charge in [-0.3, -0.25) is 0 Å². The number of benzene rings is 1. The molecule has 1 aromatic carbocycles. The van der Waals surface area contributed by atoms with Gasteiger partial charge in [0.1, 0.15) is 10.6 Å². The summed E-state index contributed by atoms with van der Waals surface area (Å²) in [4.78, 5) is 17.4. The van der Waals surface area contributed by atoms with Crippen LogP contribution in [-0.2, 0) is 0 Å².